The summed E-state index contributed by atoms with van der Waals surface area (Å²) >= 11 is 0. The van der Waals surface area contributed by atoms with E-state index in [9.17, 15) is 0 Å². The zero-order valence-corrected chi connectivity index (χ0v) is 10.5. The molecule has 2 N–H and O–H groups in total. The predicted octanol–water partition coefficient (Wildman–Crippen LogP) is 2.82. The van der Waals surface area contributed by atoms with Gasteiger partial charge in [0.25, 0.3) is 0 Å². The van der Waals surface area contributed by atoms with Crippen molar-refractivity contribution in [1.29, 1.82) is 0 Å². The van der Waals surface area contributed by atoms with E-state index in [0.717, 1.165) is 19.4 Å². The number of aryl methyl sites for hydroxylation is 1. The third kappa shape index (κ3) is 3.55. The maximum Gasteiger partial charge on any atom is 0.0431 e. The van der Waals surface area contributed by atoms with E-state index in [2.05, 4.69) is 29.6 Å². The van der Waals surface area contributed by atoms with Gasteiger partial charge in [0, 0.05) is 12.6 Å². The van der Waals surface area contributed by atoms with Gasteiger partial charge in [-0.1, -0.05) is 37.1 Å². The zero-order chi connectivity index (χ0) is 11.9. The fraction of sp³-hybridized carbons (Fsp3) is 0.600. The highest BCUT2D eigenvalue weighted by Crippen LogP contribution is 2.30. The van der Waals surface area contributed by atoms with E-state index in [4.69, 9.17) is 5.11 Å². The molecule has 1 unspecified atom stereocenters. The number of aliphatic hydroxyl groups is 1. The number of hydrogen-bond acceptors (Lipinski definition) is 2. The molecule has 0 spiro atoms. The molecule has 1 aliphatic carbocycles. The van der Waals surface area contributed by atoms with Crippen LogP contribution < -0.4 is 5.32 Å². The molecule has 0 saturated heterocycles. The molecular formula is C15H23NO. The molecule has 1 aliphatic rings. The van der Waals surface area contributed by atoms with Crippen molar-refractivity contribution in [2.45, 2.75) is 44.6 Å². The van der Waals surface area contributed by atoms with Crippen molar-refractivity contribution >= 4 is 0 Å². The highest BCUT2D eigenvalue weighted by molar-refractivity contribution is 5.34. The lowest BCUT2D eigenvalue weighted by Gasteiger charge is -2.13. The van der Waals surface area contributed by atoms with Crippen molar-refractivity contribution in [3.8, 4) is 0 Å². The van der Waals surface area contributed by atoms with Crippen LogP contribution in [0.1, 0.15) is 49.3 Å². The molecular weight excluding hydrogens is 210 g/mol. The molecule has 1 aromatic carbocycles. The molecule has 0 aromatic heterocycles. The minimum Gasteiger partial charge on any atom is -0.396 e. The van der Waals surface area contributed by atoms with Crippen LogP contribution in [0.4, 0.5) is 0 Å². The molecule has 0 heterocycles. The van der Waals surface area contributed by atoms with E-state index in [1.54, 1.807) is 0 Å². The Morgan fingerprint density at radius 3 is 2.82 bits per heavy atom. The van der Waals surface area contributed by atoms with Crippen LogP contribution in [0.5, 0.6) is 0 Å². The summed E-state index contributed by atoms with van der Waals surface area (Å²) in [4.78, 5) is 0. The van der Waals surface area contributed by atoms with Crippen LogP contribution in [-0.4, -0.2) is 18.3 Å². The van der Waals surface area contributed by atoms with E-state index in [1.807, 2.05) is 0 Å². The Balaban J connectivity index is 1.68. The Labute approximate surface area is 104 Å². The van der Waals surface area contributed by atoms with Crippen LogP contribution in [0, 0.1) is 0 Å². The van der Waals surface area contributed by atoms with Gasteiger partial charge in [0.15, 0.2) is 0 Å². The van der Waals surface area contributed by atoms with Crippen molar-refractivity contribution in [1.82, 2.24) is 5.32 Å². The van der Waals surface area contributed by atoms with Gasteiger partial charge in [-0.2, -0.15) is 0 Å². The fourth-order valence-electron chi connectivity index (χ4n) is 2.64. The standard InChI is InChI=1S/C15H23NO/c17-12-6-2-1-5-11-16-15-10-9-13-7-3-4-8-14(13)15/h3-4,7-8,15-17H,1-2,5-6,9-12H2. The van der Waals surface area contributed by atoms with Crippen molar-refractivity contribution in [3.05, 3.63) is 35.4 Å². The van der Waals surface area contributed by atoms with E-state index in [1.165, 1.54) is 36.8 Å². The highest BCUT2D eigenvalue weighted by Gasteiger charge is 2.20. The van der Waals surface area contributed by atoms with Crippen molar-refractivity contribution in [2.24, 2.45) is 0 Å². The number of fused-ring (bicyclic) bond motifs is 1. The molecule has 0 fully saturated rings. The molecule has 1 atom stereocenters. The van der Waals surface area contributed by atoms with Crippen LogP contribution >= 0.6 is 0 Å². The second kappa shape index (κ2) is 6.77. The van der Waals surface area contributed by atoms with Crippen LogP contribution in [0.25, 0.3) is 0 Å². The molecule has 0 bridgehead atoms. The Bertz CT molecular complexity index is 337. The average molecular weight is 233 g/mol. The molecule has 17 heavy (non-hydrogen) atoms. The molecule has 0 saturated carbocycles. The molecule has 2 rings (SSSR count). The van der Waals surface area contributed by atoms with Gasteiger partial charge >= 0.3 is 0 Å². The predicted molar refractivity (Wildman–Crippen MR) is 71.1 cm³/mol. The van der Waals surface area contributed by atoms with Gasteiger partial charge in [0.2, 0.25) is 0 Å². The average Bonchev–Trinajstić information content (AvgIpc) is 2.77. The van der Waals surface area contributed by atoms with Gasteiger partial charge in [-0.05, 0) is 43.4 Å². The lowest BCUT2D eigenvalue weighted by molar-refractivity contribution is 0.282. The highest BCUT2D eigenvalue weighted by atomic mass is 16.2. The summed E-state index contributed by atoms with van der Waals surface area (Å²) in [5, 5.41) is 12.3. The fourth-order valence-corrected chi connectivity index (χ4v) is 2.64. The third-order valence-corrected chi connectivity index (χ3v) is 3.61. The molecule has 0 aliphatic heterocycles. The molecule has 2 heteroatoms. The summed E-state index contributed by atoms with van der Waals surface area (Å²) in [6.45, 7) is 1.44. The van der Waals surface area contributed by atoms with Gasteiger partial charge < -0.3 is 10.4 Å². The largest absolute Gasteiger partial charge is 0.396 e. The van der Waals surface area contributed by atoms with Crippen LogP contribution in [0.2, 0.25) is 0 Å². The summed E-state index contributed by atoms with van der Waals surface area (Å²) in [5.41, 5.74) is 3.02. The minimum absolute atomic E-state index is 0.337. The number of rotatable bonds is 7. The maximum absolute atomic E-state index is 8.69. The Hall–Kier alpha value is -0.860. The first-order valence-electron chi connectivity index (χ1n) is 6.84. The lowest BCUT2D eigenvalue weighted by Crippen LogP contribution is -2.20. The second-order valence-electron chi connectivity index (χ2n) is 4.88. The van der Waals surface area contributed by atoms with Crippen LogP contribution in [-0.2, 0) is 6.42 Å². The zero-order valence-electron chi connectivity index (χ0n) is 10.5. The minimum atomic E-state index is 0.337. The van der Waals surface area contributed by atoms with Crippen molar-refractivity contribution in [3.63, 3.8) is 0 Å². The number of aliphatic hydroxyl groups excluding tert-OH is 1. The summed E-state index contributed by atoms with van der Waals surface area (Å²) in [7, 11) is 0. The van der Waals surface area contributed by atoms with E-state index < -0.39 is 0 Å². The third-order valence-electron chi connectivity index (χ3n) is 3.61. The first-order valence-corrected chi connectivity index (χ1v) is 6.84. The van der Waals surface area contributed by atoms with E-state index in [0.29, 0.717) is 12.6 Å². The smallest absolute Gasteiger partial charge is 0.0431 e. The molecule has 94 valence electrons. The van der Waals surface area contributed by atoms with Crippen LogP contribution in [0.15, 0.2) is 24.3 Å². The number of unbranched alkanes of at least 4 members (excludes halogenated alkanes) is 3. The SMILES string of the molecule is OCCCCCCNC1CCc2ccccc21. The van der Waals surface area contributed by atoms with Crippen LogP contribution in [0.3, 0.4) is 0 Å². The van der Waals surface area contributed by atoms with Crippen molar-refractivity contribution in [2.75, 3.05) is 13.2 Å². The molecule has 2 nitrogen and oxygen atoms in total. The monoisotopic (exact) mass is 233 g/mol. The first-order chi connectivity index (χ1) is 8.42. The van der Waals surface area contributed by atoms with Gasteiger partial charge in [-0.15, -0.1) is 0 Å². The summed E-state index contributed by atoms with van der Waals surface area (Å²) in [6, 6.07) is 9.35. The van der Waals surface area contributed by atoms with Gasteiger partial charge in [0.05, 0.1) is 0 Å². The number of hydrogen-bond donors (Lipinski definition) is 2. The van der Waals surface area contributed by atoms with E-state index in [-0.39, 0.29) is 0 Å². The summed E-state index contributed by atoms with van der Waals surface area (Å²) in [5.74, 6) is 0. The second-order valence-corrected chi connectivity index (χ2v) is 4.88. The number of benzene rings is 1. The first kappa shape index (κ1) is 12.6. The number of nitrogens with one attached hydrogen (secondary N) is 1. The van der Waals surface area contributed by atoms with E-state index >= 15 is 0 Å². The molecule has 0 radical (unpaired) electrons. The molecule has 1 aromatic rings. The molecule has 0 amide bonds. The van der Waals surface area contributed by atoms with Gasteiger partial charge in [-0.25, -0.2) is 0 Å². The lowest BCUT2D eigenvalue weighted by atomic mass is 10.1. The Morgan fingerprint density at radius 2 is 1.94 bits per heavy atom. The maximum atomic E-state index is 8.69. The normalized spacial score (nSPS) is 18.3. The topological polar surface area (TPSA) is 32.3 Å². The Morgan fingerprint density at radius 1 is 1.12 bits per heavy atom. The van der Waals surface area contributed by atoms with Crippen molar-refractivity contribution < 1.29 is 5.11 Å². The Kier molecular flexibility index (Phi) is 5.02. The van der Waals surface area contributed by atoms with Gasteiger partial charge in [0.1, 0.15) is 0 Å². The summed E-state index contributed by atoms with van der Waals surface area (Å²) in [6.07, 6.45) is 7.01. The summed E-state index contributed by atoms with van der Waals surface area (Å²) < 4.78 is 0. The van der Waals surface area contributed by atoms with Gasteiger partial charge in [-0.3, -0.25) is 0 Å². The quantitative estimate of drug-likeness (QED) is 0.710.